The number of carbonyl (C=O) groups is 2. The van der Waals surface area contributed by atoms with Crippen LogP contribution in [0.15, 0.2) is 52.9 Å². The van der Waals surface area contributed by atoms with Gasteiger partial charge in [0.15, 0.2) is 11.5 Å². The molecule has 0 spiro atoms. The second-order valence-corrected chi connectivity index (χ2v) is 8.90. The Bertz CT molecular complexity index is 1270. The van der Waals surface area contributed by atoms with Gasteiger partial charge >= 0.3 is 6.03 Å². The summed E-state index contributed by atoms with van der Waals surface area (Å²) in [5, 5.41) is 2.83. The van der Waals surface area contributed by atoms with Crippen LogP contribution in [0.25, 0.3) is 0 Å². The van der Waals surface area contributed by atoms with Crippen LogP contribution in [0.5, 0.6) is 23.0 Å². The molecule has 0 saturated heterocycles. The zero-order valence-electron chi connectivity index (χ0n) is 22.5. The number of carbonyl (C=O) groups excluding carboxylic acids is 2. The van der Waals surface area contributed by atoms with Gasteiger partial charge in [-0.3, -0.25) is 4.79 Å². The zero-order valence-corrected chi connectivity index (χ0v) is 22.5. The molecule has 11 heteroatoms. The molecule has 0 atom stereocenters. The molecule has 0 fully saturated rings. The van der Waals surface area contributed by atoms with Crippen LogP contribution >= 0.6 is 0 Å². The minimum Gasteiger partial charge on any atom is -0.497 e. The lowest BCUT2D eigenvalue weighted by Crippen LogP contribution is -2.45. The van der Waals surface area contributed by atoms with E-state index in [1.165, 1.54) is 26.2 Å². The number of nitrogens with one attached hydrogen (secondary N) is 1. The van der Waals surface area contributed by atoms with E-state index in [1.807, 2.05) is 37.3 Å². The van der Waals surface area contributed by atoms with Gasteiger partial charge < -0.3 is 43.2 Å². The molecule has 0 aliphatic carbocycles. The van der Waals surface area contributed by atoms with Crippen molar-refractivity contribution in [2.75, 3.05) is 53.1 Å². The second-order valence-electron chi connectivity index (χ2n) is 8.90. The van der Waals surface area contributed by atoms with E-state index in [9.17, 15) is 9.59 Å². The topological polar surface area (TPSA) is 112 Å². The molecule has 0 saturated carbocycles. The highest BCUT2D eigenvalue weighted by molar-refractivity contribution is 5.92. The monoisotopic (exact) mass is 539 g/mol. The highest BCUT2D eigenvalue weighted by atomic mass is 16.7. The molecule has 1 aromatic heterocycles. The fraction of sp³-hybridized carbons (Fsp3) is 0.357. The third-order valence-corrected chi connectivity index (χ3v) is 6.09. The average molecular weight is 540 g/mol. The van der Waals surface area contributed by atoms with Gasteiger partial charge in [0.05, 0.1) is 27.4 Å². The van der Waals surface area contributed by atoms with Gasteiger partial charge in [0.1, 0.15) is 29.6 Å². The number of anilines is 1. The van der Waals surface area contributed by atoms with E-state index in [1.54, 1.807) is 23.1 Å². The van der Waals surface area contributed by atoms with E-state index in [0.717, 1.165) is 11.3 Å². The van der Waals surface area contributed by atoms with Crippen molar-refractivity contribution in [2.24, 2.45) is 0 Å². The third kappa shape index (κ3) is 7.35. The first-order valence-electron chi connectivity index (χ1n) is 12.4. The van der Waals surface area contributed by atoms with Gasteiger partial charge in [-0.05, 0) is 36.8 Å². The maximum atomic E-state index is 13.6. The lowest BCUT2D eigenvalue weighted by molar-refractivity contribution is -0.133. The van der Waals surface area contributed by atoms with Crippen LogP contribution in [0.1, 0.15) is 17.1 Å². The Morgan fingerprint density at radius 1 is 0.897 bits per heavy atom. The Balaban J connectivity index is 1.52. The molecule has 11 nitrogen and oxygen atoms in total. The fourth-order valence-electron chi connectivity index (χ4n) is 4.05. The summed E-state index contributed by atoms with van der Waals surface area (Å²) in [5.41, 5.74) is 1.32. The molecule has 3 aromatic rings. The first-order chi connectivity index (χ1) is 18.9. The second kappa shape index (κ2) is 12.9. The van der Waals surface area contributed by atoms with Gasteiger partial charge in [0.2, 0.25) is 12.7 Å². The summed E-state index contributed by atoms with van der Waals surface area (Å²) in [5.74, 6) is 3.45. The van der Waals surface area contributed by atoms with Crippen molar-refractivity contribution < 1.29 is 37.7 Å². The molecule has 1 N–H and O–H groups in total. The minimum atomic E-state index is -0.465. The molecule has 0 bridgehead atoms. The van der Waals surface area contributed by atoms with Crippen LogP contribution in [0.2, 0.25) is 0 Å². The van der Waals surface area contributed by atoms with Crippen molar-refractivity contribution >= 4 is 17.6 Å². The lowest BCUT2D eigenvalue weighted by Gasteiger charge is -2.27. The SMILES string of the molecule is COCCN(CC(=O)N(Cc1ccc2c(c1)OCO2)Cc1ccc(C)o1)C(=O)Nc1cc(OC)cc(OC)c1. The molecular weight excluding hydrogens is 506 g/mol. The number of rotatable bonds is 12. The maximum Gasteiger partial charge on any atom is 0.322 e. The van der Waals surface area contributed by atoms with Gasteiger partial charge in [-0.25, -0.2) is 4.79 Å². The molecule has 4 rings (SSSR count). The fourth-order valence-corrected chi connectivity index (χ4v) is 4.05. The van der Waals surface area contributed by atoms with Crippen molar-refractivity contribution in [3.8, 4) is 23.0 Å². The summed E-state index contributed by atoms with van der Waals surface area (Å²) in [4.78, 5) is 30.0. The number of aryl methyl sites for hydroxylation is 1. The first-order valence-corrected chi connectivity index (χ1v) is 12.4. The standard InChI is InChI=1S/C28H33N3O8/c1-19-5-7-22(39-19)16-31(15-20-6-8-25-26(11-20)38-18-37-25)27(32)17-30(9-10-34-2)28(33)29-21-12-23(35-3)14-24(13-21)36-4/h5-8,11-14H,9-10,15-18H2,1-4H3,(H,29,33). The number of furan rings is 1. The van der Waals surface area contributed by atoms with Crippen LogP contribution in [0.3, 0.4) is 0 Å². The van der Waals surface area contributed by atoms with Gasteiger partial charge in [0.25, 0.3) is 0 Å². The number of amides is 3. The van der Waals surface area contributed by atoms with Crippen LogP contribution in [-0.2, 0) is 22.6 Å². The summed E-state index contributed by atoms with van der Waals surface area (Å²) in [6.45, 7) is 2.79. The predicted octanol–water partition coefficient (Wildman–Crippen LogP) is 4.04. The molecule has 39 heavy (non-hydrogen) atoms. The van der Waals surface area contributed by atoms with Crippen LogP contribution in [-0.4, -0.2) is 69.6 Å². The molecule has 2 heterocycles. The first kappa shape index (κ1) is 27.6. The maximum absolute atomic E-state index is 13.6. The Kier molecular flexibility index (Phi) is 9.16. The zero-order chi connectivity index (χ0) is 27.8. The molecule has 0 unspecified atom stereocenters. The number of methoxy groups -OCH3 is 3. The number of hydrogen-bond donors (Lipinski definition) is 1. The highest BCUT2D eigenvalue weighted by Gasteiger charge is 2.24. The van der Waals surface area contributed by atoms with Crippen molar-refractivity contribution in [2.45, 2.75) is 20.0 Å². The van der Waals surface area contributed by atoms with E-state index < -0.39 is 6.03 Å². The summed E-state index contributed by atoms with van der Waals surface area (Å²) < 4.78 is 32.4. The third-order valence-electron chi connectivity index (χ3n) is 6.09. The smallest absolute Gasteiger partial charge is 0.322 e. The number of ether oxygens (including phenoxy) is 5. The van der Waals surface area contributed by atoms with E-state index >= 15 is 0 Å². The largest absolute Gasteiger partial charge is 0.497 e. The number of urea groups is 1. The van der Waals surface area contributed by atoms with Crippen LogP contribution in [0, 0.1) is 6.92 Å². The summed E-state index contributed by atoms with van der Waals surface area (Å²) in [6, 6.07) is 13.8. The average Bonchev–Trinajstić information content (AvgIpc) is 3.58. The lowest BCUT2D eigenvalue weighted by atomic mass is 10.2. The van der Waals surface area contributed by atoms with Crippen molar-refractivity contribution in [3.63, 3.8) is 0 Å². The molecule has 2 aromatic carbocycles. The summed E-state index contributed by atoms with van der Waals surface area (Å²) in [7, 11) is 4.59. The number of nitrogens with zero attached hydrogens (tertiary/aromatic N) is 2. The highest BCUT2D eigenvalue weighted by Crippen LogP contribution is 2.33. The Morgan fingerprint density at radius 2 is 1.64 bits per heavy atom. The molecule has 1 aliphatic rings. The van der Waals surface area contributed by atoms with Gasteiger partial charge in [0, 0.05) is 44.1 Å². The Hall–Kier alpha value is -4.38. The number of fused-ring (bicyclic) bond motifs is 1. The normalized spacial score (nSPS) is 11.7. The van der Waals surface area contributed by atoms with Crippen LogP contribution < -0.4 is 24.3 Å². The van der Waals surface area contributed by atoms with Crippen molar-refractivity contribution in [3.05, 3.63) is 65.6 Å². The van der Waals surface area contributed by atoms with Crippen molar-refractivity contribution in [1.29, 1.82) is 0 Å². The summed E-state index contributed by atoms with van der Waals surface area (Å²) >= 11 is 0. The summed E-state index contributed by atoms with van der Waals surface area (Å²) in [6.07, 6.45) is 0. The Morgan fingerprint density at radius 3 is 2.31 bits per heavy atom. The van der Waals surface area contributed by atoms with E-state index in [0.29, 0.717) is 34.4 Å². The minimum absolute atomic E-state index is 0.163. The predicted molar refractivity (Wildman–Crippen MR) is 142 cm³/mol. The van der Waals surface area contributed by atoms with Gasteiger partial charge in [-0.1, -0.05) is 6.07 Å². The van der Waals surface area contributed by atoms with E-state index in [2.05, 4.69) is 5.32 Å². The number of hydrogen-bond acceptors (Lipinski definition) is 8. The quantitative estimate of drug-likeness (QED) is 0.367. The Labute approximate surface area is 227 Å². The van der Waals surface area contributed by atoms with E-state index in [4.69, 9.17) is 28.1 Å². The van der Waals surface area contributed by atoms with Crippen molar-refractivity contribution in [1.82, 2.24) is 9.80 Å². The molecule has 0 radical (unpaired) electrons. The molecule has 1 aliphatic heterocycles. The van der Waals surface area contributed by atoms with Gasteiger partial charge in [-0.15, -0.1) is 0 Å². The molecule has 3 amide bonds. The van der Waals surface area contributed by atoms with Gasteiger partial charge in [-0.2, -0.15) is 0 Å². The van der Waals surface area contributed by atoms with E-state index in [-0.39, 0.29) is 45.5 Å². The molecule has 208 valence electrons. The van der Waals surface area contributed by atoms with Crippen LogP contribution in [0.4, 0.5) is 10.5 Å². The number of benzene rings is 2. The molecular formula is C28H33N3O8.